The minimum Gasteiger partial charge on any atom is -0.491 e. The molecule has 7 nitrogen and oxygen atoms in total. The maximum atomic E-state index is 11.5. The van der Waals surface area contributed by atoms with E-state index in [-0.39, 0.29) is 12.2 Å². The number of nitrogens with one attached hydrogen (secondary N) is 1. The van der Waals surface area contributed by atoms with Crippen molar-refractivity contribution in [1.29, 1.82) is 0 Å². The summed E-state index contributed by atoms with van der Waals surface area (Å²) in [6.45, 7) is 4.99. The average molecular weight is 399 g/mol. The largest absolute Gasteiger partial charge is 0.491 e. The fourth-order valence-corrected chi connectivity index (χ4v) is 3.91. The van der Waals surface area contributed by atoms with Gasteiger partial charge in [0, 0.05) is 47.9 Å². The zero-order valence-electron chi connectivity index (χ0n) is 15.6. The molecule has 1 aromatic carbocycles. The van der Waals surface area contributed by atoms with E-state index in [2.05, 4.69) is 20.1 Å². The van der Waals surface area contributed by atoms with Crippen LogP contribution in [0.4, 0.5) is 0 Å². The number of hydrogen-bond acceptors (Lipinski definition) is 7. The molecule has 0 spiro atoms. The second kappa shape index (κ2) is 7.75. The van der Waals surface area contributed by atoms with Crippen molar-refractivity contribution >= 4 is 27.3 Å². The molecule has 0 radical (unpaired) electrons. The van der Waals surface area contributed by atoms with Crippen LogP contribution < -0.4 is 15.7 Å². The SMILES string of the molecule is Cc1cc(=O)oc2cc(OC[C@H](O)CNCc3cn4c(C)csc4n3)ccc12. The fraction of sp³-hybridized carbons (Fsp3) is 0.300. The van der Waals surface area contributed by atoms with E-state index in [0.717, 1.165) is 27.3 Å². The maximum Gasteiger partial charge on any atom is 0.336 e. The summed E-state index contributed by atoms with van der Waals surface area (Å²) >= 11 is 1.61. The van der Waals surface area contributed by atoms with E-state index >= 15 is 0 Å². The Morgan fingerprint density at radius 1 is 1.36 bits per heavy atom. The summed E-state index contributed by atoms with van der Waals surface area (Å²) in [5, 5.41) is 16.3. The van der Waals surface area contributed by atoms with Crippen molar-refractivity contribution in [3.05, 3.63) is 63.2 Å². The van der Waals surface area contributed by atoms with Crippen LogP contribution >= 0.6 is 11.3 Å². The third kappa shape index (κ3) is 3.94. The van der Waals surface area contributed by atoms with E-state index in [1.54, 1.807) is 23.5 Å². The number of aryl methyl sites for hydroxylation is 2. The van der Waals surface area contributed by atoms with Crippen LogP contribution in [-0.2, 0) is 6.54 Å². The lowest BCUT2D eigenvalue weighted by molar-refractivity contribution is 0.106. The predicted octanol–water partition coefficient (Wildman–Crippen LogP) is 2.65. The number of benzene rings is 1. The second-order valence-electron chi connectivity index (χ2n) is 6.76. The summed E-state index contributed by atoms with van der Waals surface area (Å²) in [6, 6.07) is 6.78. The van der Waals surface area contributed by atoms with Crippen LogP contribution in [0.5, 0.6) is 5.75 Å². The van der Waals surface area contributed by atoms with E-state index in [1.165, 1.54) is 6.07 Å². The van der Waals surface area contributed by atoms with Gasteiger partial charge in [-0.15, -0.1) is 11.3 Å². The van der Waals surface area contributed by atoms with Crippen molar-refractivity contribution in [3.8, 4) is 5.75 Å². The van der Waals surface area contributed by atoms with Gasteiger partial charge in [0.05, 0.1) is 5.69 Å². The van der Waals surface area contributed by atoms with Gasteiger partial charge < -0.3 is 19.6 Å². The van der Waals surface area contributed by atoms with Gasteiger partial charge in [-0.1, -0.05) is 0 Å². The average Bonchev–Trinajstić information content (AvgIpc) is 3.21. The standard InChI is InChI=1S/C20H21N3O4S/c1-12-5-19(25)27-18-6-16(3-4-17(12)18)26-10-15(24)8-21-7-14-9-23-13(2)11-28-20(23)22-14/h3-6,9,11,15,21,24H,7-8,10H2,1-2H3/t15-/m1/s1. The van der Waals surface area contributed by atoms with Gasteiger partial charge in [-0.05, 0) is 31.5 Å². The van der Waals surface area contributed by atoms with E-state index in [9.17, 15) is 9.90 Å². The van der Waals surface area contributed by atoms with E-state index in [0.29, 0.717) is 24.4 Å². The number of thiazole rings is 1. The molecule has 0 fully saturated rings. The summed E-state index contributed by atoms with van der Waals surface area (Å²) in [4.78, 5) is 17.0. The zero-order valence-corrected chi connectivity index (χ0v) is 16.5. The van der Waals surface area contributed by atoms with Crippen LogP contribution in [0.3, 0.4) is 0 Å². The minimum atomic E-state index is -0.675. The molecule has 28 heavy (non-hydrogen) atoms. The number of aliphatic hydroxyl groups excluding tert-OH is 1. The smallest absolute Gasteiger partial charge is 0.336 e. The molecular weight excluding hydrogens is 378 g/mol. The summed E-state index contributed by atoms with van der Waals surface area (Å²) in [7, 11) is 0. The molecule has 0 bridgehead atoms. The summed E-state index contributed by atoms with van der Waals surface area (Å²) in [5.74, 6) is 0.546. The number of aromatic nitrogens is 2. The first kappa shape index (κ1) is 18.7. The Hall–Kier alpha value is -2.68. The molecule has 4 aromatic rings. The number of nitrogens with zero attached hydrogens (tertiary/aromatic N) is 2. The number of rotatable bonds is 7. The Labute approximate surface area is 165 Å². The van der Waals surface area contributed by atoms with Crippen LogP contribution in [0.25, 0.3) is 15.9 Å². The summed E-state index contributed by atoms with van der Waals surface area (Å²) in [5.41, 5.74) is 3.04. The Kier molecular flexibility index (Phi) is 5.17. The first-order chi connectivity index (χ1) is 13.5. The first-order valence-corrected chi connectivity index (χ1v) is 9.86. The van der Waals surface area contributed by atoms with Crippen LogP contribution in [0.15, 0.2) is 45.1 Å². The van der Waals surface area contributed by atoms with Crippen molar-refractivity contribution in [1.82, 2.24) is 14.7 Å². The molecule has 2 N–H and O–H groups in total. The highest BCUT2D eigenvalue weighted by molar-refractivity contribution is 7.15. The molecule has 0 aliphatic carbocycles. The quantitative estimate of drug-likeness (QED) is 0.465. The van der Waals surface area contributed by atoms with Gasteiger partial charge >= 0.3 is 5.63 Å². The summed E-state index contributed by atoms with van der Waals surface area (Å²) in [6.07, 6.45) is 1.33. The van der Waals surface area contributed by atoms with Crippen LogP contribution in [0.1, 0.15) is 17.0 Å². The lowest BCUT2D eigenvalue weighted by Gasteiger charge is -2.13. The number of fused-ring (bicyclic) bond motifs is 2. The van der Waals surface area contributed by atoms with Crippen LogP contribution in [0, 0.1) is 13.8 Å². The molecule has 4 rings (SSSR count). The van der Waals surface area contributed by atoms with Gasteiger partial charge in [0.2, 0.25) is 0 Å². The van der Waals surface area contributed by atoms with Crippen molar-refractivity contribution < 1.29 is 14.3 Å². The van der Waals surface area contributed by atoms with Gasteiger partial charge in [0.1, 0.15) is 24.0 Å². The minimum absolute atomic E-state index is 0.131. The van der Waals surface area contributed by atoms with Gasteiger partial charge in [-0.2, -0.15) is 0 Å². The number of hydrogen-bond donors (Lipinski definition) is 2. The van der Waals surface area contributed by atoms with Gasteiger partial charge in [-0.3, -0.25) is 4.40 Å². The second-order valence-corrected chi connectivity index (χ2v) is 7.60. The molecule has 3 heterocycles. The molecule has 0 saturated heterocycles. The molecule has 0 saturated carbocycles. The highest BCUT2D eigenvalue weighted by Crippen LogP contribution is 2.22. The number of ether oxygens (including phenoxy) is 1. The number of aliphatic hydroxyl groups is 1. The lowest BCUT2D eigenvalue weighted by atomic mass is 10.1. The van der Waals surface area contributed by atoms with Crippen molar-refractivity contribution in [2.45, 2.75) is 26.5 Å². The maximum absolute atomic E-state index is 11.5. The Morgan fingerprint density at radius 3 is 3.04 bits per heavy atom. The lowest BCUT2D eigenvalue weighted by Crippen LogP contribution is -2.31. The monoisotopic (exact) mass is 399 g/mol. The van der Waals surface area contributed by atoms with E-state index in [4.69, 9.17) is 9.15 Å². The molecule has 0 unspecified atom stereocenters. The van der Waals surface area contributed by atoms with Crippen LogP contribution in [-0.4, -0.2) is 33.7 Å². The number of imidazole rings is 1. The molecule has 0 aliphatic rings. The van der Waals surface area contributed by atoms with E-state index < -0.39 is 6.10 Å². The summed E-state index contributed by atoms with van der Waals surface area (Å²) < 4.78 is 12.9. The van der Waals surface area contributed by atoms with Gasteiger partial charge in [0.15, 0.2) is 4.96 Å². The van der Waals surface area contributed by atoms with Gasteiger partial charge in [-0.25, -0.2) is 9.78 Å². The Balaban J connectivity index is 1.29. The third-order valence-corrected chi connectivity index (χ3v) is 5.45. The molecule has 146 valence electrons. The Bertz CT molecular complexity index is 1180. The molecule has 3 aromatic heterocycles. The molecule has 1 atom stereocenters. The van der Waals surface area contributed by atoms with E-state index in [1.807, 2.05) is 26.1 Å². The van der Waals surface area contributed by atoms with Crippen molar-refractivity contribution in [3.63, 3.8) is 0 Å². The third-order valence-electron chi connectivity index (χ3n) is 4.49. The Morgan fingerprint density at radius 2 is 2.21 bits per heavy atom. The topological polar surface area (TPSA) is 89.0 Å². The van der Waals surface area contributed by atoms with Crippen LogP contribution in [0.2, 0.25) is 0 Å². The normalized spacial score (nSPS) is 12.7. The highest BCUT2D eigenvalue weighted by atomic mass is 32.1. The highest BCUT2D eigenvalue weighted by Gasteiger charge is 2.09. The molecule has 8 heteroatoms. The van der Waals surface area contributed by atoms with Crippen molar-refractivity contribution in [2.75, 3.05) is 13.2 Å². The van der Waals surface area contributed by atoms with Gasteiger partial charge in [0.25, 0.3) is 0 Å². The van der Waals surface area contributed by atoms with Crippen molar-refractivity contribution in [2.24, 2.45) is 0 Å². The fourth-order valence-electron chi connectivity index (χ4n) is 3.04. The molecule has 0 amide bonds. The predicted molar refractivity (Wildman–Crippen MR) is 108 cm³/mol. The zero-order chi connectivity index (χ0) is 19.7. The molecular formula is C20H21N3O4S. The first-order valence-electron chi connectivity index (χ1n) is 8.98. The molecule has 0 aliphatic heterocycles.